The van der Waals surface area contributed by atoms with Crippen LogP contribution in [0.3, 0.4) is 0 Å². The predicted molar refractivity (Wildman–Crippen MR) is 63.0 cm³/mol. The van der Waals surface area contributed by atoms with Gasteiger partial charge in [-0.15, -0.1) is 0 Å². The molecule has 0 aliphatic carbocycles. The van der Waals surface area contributed by atoms with E-state index in [2.05, 4.69) is 0 Å². The first-order valence-electron chi connectivity index (χ1n) is 5.25. The summed E-state index contributed by atoms with van der Waals surface area (Å²) in [5.74, 6) is -0.814. The number of carbonyl (C=O) groups excluding carboxylic acids is 1. The van der Waals surface area contributed by atoms with E-state index in [1.54, 1.807) is 6.07 Å². The van der Waals surface area contributed by atoms with E-state index >= 15 is 0 Å². The van der Waals surface area contributed by atoms with Crippen LogP contribution in [0.4, 0.5) is 5.69 Å². The Kier molecular flexibility index (Phi) is 4.47. The van der Waals surface area contributed by atoms with Crippen LogP contribution in [0, 0.1) is 20.2 Å². The van der Waals surface area contributed by atoms with E-state index in [1.165, 1.54) is 25.1 Å². The lowest BCUT2D eigenvalue weighted by atomic mass is 9.94. The molecule has 96 valence electrons. The van der Waals surface area contributed by atoms with Gasteiger partial charge in [-0.2, -0.15) is 0 Å². The fourth-order valence-electron chi connectivity index (χ4n) is 1.71. The summed E-state index contributed by atoms with van der Waals surface area (Å²) in [6.07, 6.45) is 0.00213. The second-order valence-electron chi connectivity index (χ2n) is 3.97. The lowest BCUT2D eigenvalue weighted by Gasteiger charge is -2.11. The molecular formula is C11H12N2O5. The first kappa shape index (κ1) is 13.8. The van der Waals surface area contributed by atoms with Gasteiger partial charge < -0.3 is 4.79 Å². The molecule has 1 atom stereocenters. The molecule has 0 saturated heterocycles. The van der Waals surface area contributed by atoms with E-state index < -0.39 is 22.3 Å². The lowest BCUT2D eigenvalue weighted by molar-refractivity contribution is -0.483. The molecule has 1 unspecified atom stereocenters. The molecule has 1 aromatic carbocycles. The van der Waals surface area contributed by atoms with Crippen LogP contribution in [0.2, 0.25) is 0 Å². The standard InChI is InChI=1S/C11H12N2O5/c1-8(14)5-10(7-12(15)16)9-3-2-4-11(6-9)13(17)18/h2-4,6,10H,5,7H2,1H3. The first-order valence-corrected chi connectivity index (χ1v) is 5.25. The monoisotopic (exact) mass is 252 g/mol. The molecule has 1 aromatic rings. The summed E-state index contributed by atoms with van der Waals surface area (Å²) in [6, 6.07) is 5.60. The Hall–Kier alpha value is -2.31. The van der Waals surface area contributed by atoms with Crippen LogP contribution in [0.25, 0.3) is 0 Å². The maximum Gasteiger partial charge on any atom is 0.269 e. The Morgan fingerprint density at radius 2 is 2.00 bits per heavy atom. The van der Waals surface area contributed by atoms with Gasteiger partial charge in [0, 0.05) is 23.5 Å². The highest BCUT2D eigenvalue weighted by Crippen LogP contribution is 2.24. The predicted octanol–water partition coefficient (Wildman–Crippen LogP) is 1.93. The molecule has 0 saturated carbocycles. The number of hydrogen-bond donors (Lipinski definition) is 0. The molecule has 7 nitrogen and oxygen atoms in total. The van der Waals surface area contributed by atoms with Crippen molar-refractivity contribution < 1.29 is 14.6 Å². The van der Waals surface area contributed by atoms with Gasteiger partial charge >= 0.3 is 0 Å². The molecule has 1 rings (SSSR count). The molecular weight excluding hydrogens is 240 g/mol. The molecule has 0 bridgehead atoms. The van der Waals surface area contributed by atoms with E-state index in [-0.39, 0.29) is 17.9 Å². The maximum absolute atomic E-state index is 11.1. The fourth-order valence-corrected chi connectivity index (χ4v) is 1.71. The van der Waals surface area contributed by atoms with E-state index in [4.69, 9.17) is 0 Å². The number of nitro groups is 2. The Morgan fingerprint density at radius 1 is 1.33 bits per heavy atom. The zero-order valence-corrected chi connectivity index (χ0v) is 9.74. The largest absolute Gasteiger partial charge is 0.300 e. The van der Waals surface area contributed by atoms with Crippen LogP contribution in [-0.4, -0.2) is 22.2 Å². The van der Waals surface area contributed by atoms with Gasteiger partial charge in [-0.3, -0.25) is 20.2 Å². The molecule has 0 amide bonds. The number of Topliss-reactive ketones (excluding diaryl/α,β-unsaturated/α-hetero) is 1. The lowest BCUT2D eigenvalue weighted by Crippen LogP contribution is -2.15. The summed E-state index contributed by atoms with van der Waals surface area (Å²) in [5.41, 5.74) is 0.306. The SMILES string of the molecule is CC(=O)CC(C[N+](=O)[O-])c1cccc([N+](=O)[O-])c1. The number of hydrogen-bond acceptors (Lipinski definition) is 5. The summed E-state index contributed by atoms with van der Waals surface area (Å²) in [5, 5.41) is 21.2. The van der Waals surface area contributed by atoms with Gasteiger partial charge in [0.15, 0.2) is 0 Å². The van der Waals surface area contributed by atoms with E-state index in [0.29, 0.717) is 5.56 Å². The second-order valence-corrected chi connectivity index (χ2v) is 3.97. The average Bonchev–Trinajstić information content (AvgIpc) is 2.27. The van der Waals surface area contributed by atoms with Crippen molar-refractivity contribution in [2.75, 3.05) is 6.54 Å². The van der Waals surface area contributed by atoms with Crippen molar-refractivity contribution in [1.82, 2.24) is 0 Å². The number of benzene rings is 1. The topological polar surface area (TPSA) is 103 Å². The zero-order valence-electron chi connectivity index (χ0n) is 9.74. The Morgan fingerprint density at radius 3 is 2.50 bits per heavy atom. The minimum atomic E-state index is -0.627. The molecule has 0 aliphatic rings. The zero-order chi connectivity index (χ0) is 13.7. The van der Waals surface area contributed by atoms with E-state index in [0.717, 1.165) is 0 Å². The van der Waals surface area contributed by atoms with Crippen LogP contribution in [-0.2, 0) is 4.79 Å². The maximum atomic E-state index is 11.1. The highest BCUT2D eigenvalue weighted by Gasteiger charge is 2.21. The molecule has 0 aliphatic heterocycles. The number of ketones is 1. The van der Waals surface area contributed by atoms with Crippen molar-refractivity contribution in [3.05, 3.63) is 50.1 Å². The van der Waals surface area contributed by atoms with Gasteiger partial charge in [-0.05, 0) is 12.5 Å². The van der Waals surface area contributed by atoms with Gasteiger partial charge in [0.2, 0.25) is 6.54 Å². The van der Waals surface area contributed by atoms with Crippen LogP contribution in [0.1, 0.15) is 24.8 Å². The van der Waals surface area contributed by atoms with Crippen molar-refractivity contribution >= 4 is 11.5 Å². The number of rotatable bonds is 6. The van der Waals surface area contributed by atoms with Crippen molar-refractivity contribution in [1.29, 1.82) is 0 Å². The number of non-ortho nitro benzene ring substituents is 1. The highest BCUT2D eigenvalue weighted by molar-refractivity contribution is 5.76. The number of nitro benzene ring substituents is 1. The fraction of sp³-hybridized carbons (Fsp3) is 0.364. The van der Waals surface area contributed by atoms with Gasteiger partial charge in [0.05, 0.1) is 10.8 Å². The first-order chi connectivity index (χ1) is 8.40. The van der Waals surface area contributed by atoms with Crippen molar-refractivity contribution in [2.24, 2.45) is 0 Å². The quantitative estimate of drug-likeness (QED) is 0.568. The third kappa shape index (κ3) is 3.93. The minimum absolute atomic E-state index is 0.00213. The Balaban J connectivity index is 3.03. The van der Waals surface area contributed by atoms with Gasteiger partial charge in [0.25, 0.3) is 5.69 Å². The van der Waals surface area contributed by atoms with Crippen molar-refractivity contribution in [3.8, 4) is 0 Å². The summed E-state index contributed by atoms with van der Waals surface area (Å²) in [7, 11) is 0. The number of nitrogens with zero attached hydrogens (tertiary/aromatic N) is 2. The molecule has 0 fully saturated rings. The van der Waals surface area contributed by atoms with Crippen LogP contribution < -0.4 is 0 Å². The van der Waals surface area contributed by atoms with Gasteiger partial charge in [-0.25, -0.2) is 0 Å². The van der Waals surface area contributed by atoms with E-state index in [9.17, 15) is 25.0 Å². The van der Waals surface area contributed by atoms with Gasteiger partial charge in [-0.1, -0.05) is 12.1 Å². The van der Waals surface area contributed by atoms with Crippen molar-refractivity contribution in [2.45, 2.75) is 19.3 Å². The molecule has 0 heterocycles. The summed E-state index contributed by atoms with van der Waals surface area (Å²) in [6.45, 7) is 0.922. The normalized spacial score (nSPS) is 11.8. The minimum Gasteiger partial charge on any atom is -0.300 e. The molecule has 0 aromatic heterocycles. The van der Waals surface area contributed by atoms with Gasteiger partial charge in [0.1, 0.15) is 5.78 Å². The molecule has 0 N–H and O–H groups in total. The van der Waals surface area contributed by atoms with E-state index in [1.807, 2.05) is 0 Å². The molecule has 7 heteroatoms. The molecule has 18 heavy (non-hydrogen) atoms. The molecule has 0 spiro atoms. The summed E-state index contributed by atoms with van der Waals surface area (Å²) >= 11 is 0. The molecule has 0 radical (unpaired) electrons. The Bertz CT molecular complexity index is 470. The third-order valence-electron chi connectivity index (χ3n) is 2.46. The second kappa shape index (κ2) is 5.85. The summed E-state index contributed by atoms with van der Waals surface area (Å²) < 4.78 is 0. The van der Waals surface area contributed by atoms with Crippen LogP contribution >= 0.6 is 0 Å². The Labute approximate surface area is 103 Å². The number of carbonyl (C=O) groups is 1. The highest BCUT2D eigenvalue weighted by atomic mass is 16.6. The average molecular weight is 252 g/mol. The smallest absolute Gasteiger partial charge is 0.269 e. The van der Waals surface area contributed by atoms with Crippen molar-refractivity contribution in [3.63, 3.8) is 0 Å². The summed E-state index contributed by atoms with van der Waals surface area (Å²) in [4.78, 5) is 31.1. The van der Waals surface area contributed by atoms with Crippen LogP contribution in [0.5, 0.6) is 0 Å². The van der Waals surface area contributed by atoms with Crippen LogP contribution in [0.15, 0.2) is 24.3 Å². The third-order valence-corrected chi connectivity index (χ3v) is 2.46.